The van der Waals surface area contributed by atoms with E-state index in [4.69, 9.17) is 0 Å². The van der Waals surface area contributed by atoms with Gasteiger partial charge < -0.3 is 9.80 Å². The van der Waals surface area contributed by atoms with Crippen LogP contribution < -0.4 is 9.80 Å². The van der Waals surface area contributed by atoms with Crippen molar-refractivity contribution < 1.29 is 9.59 Å². The molecule has 4 heterocycles. The normalized spacial score (nSPS) is 24.3. The quantitative estimate of drug-likeness (QED) is 0.749. The average molecular weight is 393 g/mol. The first-order valence-corrected chi connectivity index (χ1v) is 10.9. The van der Waals surface area contributed by atoms with E-state index in [0.717, 1.165) is 76.6 Å². The number of carbonyl (C=O) groups is 2. The number of aromatic nitrogens is 2. The maximum atomic E-state index is 13.1. The highest BCUT2D eigenvalue weighted by molar-refractivity contribution is 7.19. The molecule has 0 N–H and O–H groups in total. The van der Waals surface area contributed by atoms with Gasteiger partial charge in [0.05, 0.1) is 0 Å². The number of piperazine rings is 1. The number of hydrogen-bond acceptors (Lipinski definition) is 7. The summed E-state index contributed by atoms with van der Waals surface area (Å²) in [5.74, 6) is 0.342. The molecule has 0 aromatic carbocycles. The molecular weight excluding hydrogens is 364 g/mol. The minimum Gasteiger partial charge on any atom is -0.338 e. The van der Waals surface area contributed by atoms with Gasteiger partial charge in [-0.2, -0.15) is 0 Å². The SMILES string of the molecule is CCCN1CCN(C(=O)C2CCCN2c2nnc(N3CCCC3=O)s2)CC1. The van der Waals surface area contributed by atoms with Gasteiger partial charge in [0.2, 0.25) is 22.1 Å². The van der Waals surface area contributed by atoms with Gasteiger partial charge >= 0.3 is 0 Å². The van der Waals surface area contributed by atoms with Crippen molar-refractivity contribution in [1.29, 1.82) is 0 Å². The van der Waals surface area contributed by atoms with Crippen LogP contribution in [-0.2, 0) is 9.59 Å². The molecule has 1 atom stereocenters. The molecule has 9 heteroatoms. The molecule has 4 rings (SSSR count). The highest BCUT2D eigenvalue weighted by atomic mass is 32.1. The molecule has 27 heavy (non-hydrogen) atoms. The number of rotatable bonds is 5. The van der Waals surface area contributed by atoms with E-state index in [1.54, 1.807) is 4.90 Å². The maximum Gasteiger partial charge on any atom is 0.245 e. The Hall–Kier alpha value is -1.74. The highest BCUT2D eigenvalue weighted by Crippen LogP contribution is 2.34. The van der Waals surface area contributed by atoms with E-state index in [9.17, 15) is 9.59 Å². The van der Waals surface area contributed by atoms with Gasteiger partial charge in [0.25, 0.3) is 0 Å². The van der Waals surface area contributed by atoms with E-state index in [-0.39, 0.29) is 17.9 Å². The Morgan fingerprint density at radius 3 is 2.56 bits per heavy atom. The molecule has 0 radical (unpaired) electrons. The molecule has 8 nitrogen and oxygen atoms in total. The monoisotopic (exact) mass is 392 g/mol. The lowest BCUT2D eigenvalue weighted by Gasteiger charge is -2.37. The van der Waals surface area contributed by atoms with Crippen LogP contribution in [-0.4, -0.2) is 83.7 Å². The van der Waals surface area contributed by atoms with Crippen molar-refractivity contribution in [2.24, 2.45) is 0 Å². The number of nitrogens with zero attached hydrogens (tertiary/aromatic N) is 6. The minimum atomic E-state index is -0.141. The van der Waals surface area contributed by atoms with Crippen molar-refractivity contribution in [3.63, 3.8) is 0 Å². The molecule has 3 fully saturated rings. The van der Waals surface area contributed by atoms with Crippen LogP contribution in [0, 0.1) is 0 Å². The van der Waals surface area contributed by atoms with Gasteiger partial charge in [0, 0.05) is 45.7 Å². The van der Waals surface area contributed by atoms with E-state index in [1.165, 1.54) is 11.3 Å². The molecule has 1 aromatic rings. The first-order valence-electron chi connectivity index (χ1n) is 10.1. The molecule has 148 valence electrons. The highest BCUT2D eigenvalue weighted by Gasteiger charge is 2.37. The Morgan fingerprint density at radius 1 is 1.07 bits per heavy atom. The van der Waals surface area contributed by atoms with Crippen molar-refractivity contribution in [3.05, 3.63) is 0 Å². The van der Waals surface area contributed by atoms with Crippen molar-refractivity contribution in [3.8, 4) is 0 Å². The molecule has 1 aromatic heterocycles. The third-order valence-electron chi connectivity index (χ3n) is 5.72. The van der Waals surface area contributed by atoms with Crippen molar-refractivity contribution in [1.82, 2.24) is 20.0 Å². The topological polar surface area (TPSA) is 72.9 Å². The number of hydrogen-bond donors (Lipinski definition) is 0. The number of anilines is 2. The van der Waals surface area contributed by atoms with Gasteiger partial charge in [-0.25, -0.2) is 0 Å². The molecule has 1 unspecified atom stereocenters. The zero-order valence-corrected chi connectivity index (χ0v) is 16.8. The van der Waals surface area contributed by atoms with Crippen LogP contribution in [0.4, 0.5) is 10.3 Å². The second-order valence-electron chi connectivity index (χ2n) is 7.53. The summed E-state index contributed by atoms with van der Waals surface area (Å²) in [6.45, 7) is 8.41. The lowest BCUT2D eigenvalue weighted by molar-refractivity contribution is -0.134. The van der Waals surface area contributed by atoms with E-state index >= 15 is 0 Å². The third-order valence-corrected chi connectivity index (χ3v) is 6.70. The first kappa shape index (κ1) is 18.6. The Balaban J connectivity index is 1.41. The van der Waals surface area contributed by atoms with Crippen LogP contribution in [0.15, 0.2) is 0 Å². The van der Waals surface area contributed by atoms with Crippen molar-refractivity contribution in [2.45, 2.75) is 45.1 Å². The zero-order valence-electron chi connectivity index (χ0n) is 16.0. The lowest BCUT2D eigenvalue weighted by atomic mass is 10.1. The summed E-state index contributed by atoms with van der Waals surface area (Å²) < 4.78 is 0. The average Bonchev–Trinajstić information content (AvgIpc) is 3.41. The molecule has 3 saturated heterocycles. The van der Waals surface area contributed by atoms with Crippen LogP contribution in [0.3, 0.4) is 0 Å². The lowest BCUT2D eigenvalue weighted by Crippen LogP contribution is -2.53. The summed E-state index contributed by atoms with van der Waals surface area (Å²) in [5, 5.41) is 9.98. The smallest absolute Gasteiger partial charge is 0.245 e. The van der Waals surface area contributed by atoms with Crippen LogP contribution in [0.25, 0.3) is 0 Å². The second kappa shape index (κ2) is 8.10. The maximum absolute atomic E-state index is 13.1. The van der Waals surface area contributed by atoms with E-state index in [0.29, 0.717) is 11.6 Å². The Bertz CT molecular complexity index is 687. The van der Waals surface area contributed by atoms with E-state index < -0.39 is 0 Å². The fourth-order valence-corrected chi connectivity index (χ4v) is 5.22. The van der Waals surface area contributed by atoms with Crippen LogP contribution in [0.2, 0.25) is 0 Å². The summed E-state index contributed by atoms with van der Waals surface area (Å²) >= 11 is 1.44. The van der Waals surface area contributed by atoms with Gasteiger partial charge in [0.1, 0.15) is 6.04 Å². The van der Waals surface area contributed by atoms with E-state index in [2.05, 4.69) is 26.9 Å². The zero-order chi connectivity index (χ0) is 18.8. The van der Waals surface area contributed by atoms with Crippen LogP contribution in [0.1, 0.15) is 39.0 Å². The van der Waals surface area contributed by atoms with E-state index in [1.807, 2.05) is 4.90 Å². The Labute approximate surface area is 164 Å². The summed E-state index contributed by atoms with van der Waals surface area (Å²) in [6, 6.07) is -0.141. The largest absolute Gasteiger partial charge is 0.338 e. The molecular formula is C18H28N6O2S. The minimum absolute atomic E-state index is 0.122. The van der Waals surface area contributed by atoms with Gasteiger partial charge in [-0.15, -0.1) is 10.2 Å². The van der Waals surface area contributed by atoms with Gasteiger partial charge in [-0.05, 0) is 32.2 Å². The van der Waals surface area contributed by atoms with Gasteiger partial charge in [-0.3, -0.25) is 19.4 Å². The molecule has 3 aliphatic rings. The van der Waals surface area contributed by atoms with Gasteiger partial charge in [0.15, 0.2) is 0 Å². The Kier molecular flexibility index (Phi) is 5.58. The standard InChI is InChI=1S/C18H28N6O2S/c1-2-7-21-10-12-22(13-11-21)16(26)14-5-3-8-23(14)17-19-20-18(27-17)24-9-4-6-15(24)25/h14H,2-13H2,1H3. The molecule has 0 aliphatic carbocycles. The molecule has 0 spiro atoms. The first-order chi connectivity index (χ1) is 13.2. The summed E-state index contributed by atoms with van der Waals surface area (Å²) in [7, 11) is 0. The van der Waals surface area contributed by atoms with Crippen LogP contribution >= 0.6 is 11.3 Å². The molecule has 0 bridgehead atoms. The predicted molar refractivity (Wildman–Crippen MR) is 105 cm³/mol. The number of carbonyl (C=O) groups excluding carboxylic acids is 2. The van der Waals surface area contributed by atoms with Crippen LogP contribution in [0.5, 0.6) is 0 Å². The summed E-state index contributed by atoms with van der Waals surface area (Å²) in [5.41, 5.74) is 0. The van der Waals surface area contributed by atoms with Gasteiger partial charge in [-0.1, -0.05) is 18.3 Å². The fourth-order valence-electron chi connectivity index (χ4n) is 4.25. The number of amides is 2. The molecule has 2 amide bonds. The Morgan fingerprint density at radius 2 is 1.85 bits per heavy atom. The molecule has 3 aliphatic heterocycles. The predicted octanol–water partition coefficient (Wildman–Crippen LogP) is 1.19. The fraction of sp³-hybridized carbons (Fsp3) is 0.778. The molecule has 0 saturated carbocycles. The summed E-state index contributed by atoms with van der Waals surface area (Å²) in [6.07, 6.45) is 4.48. The second-order valence-corrected chi connectivity index (χ2v) is 8.47. The van der Waals surface area contributed by atoms with Crippen molar-refractivity contribution in [2.75, 3.05) is 55.6 Å². The third kappa shape index (κ3) is 3.80. The summed E-state index contributed by atoms with van der Waals surface area (Å²) in [4.78, 5) is 33.3. The van der Waals surface area contributed by atoms with Crippen molar-refractivity contribution >= 4 is 33.4 Å².